The number of nitrogens with zero attached hydrogens (tertiary/aromatic N) is 1. The molecule has 0 saturated carbocycles. The molecule has 5 heteroatoms. The minimum Gasteiger partial charge on any atom is -0.391 e. The standard InChI is InChI=1S/C15H20N2O2S/c1-3-11(2)14(18)9-17-15(19)10-20-13-6-4-12(8-16)5-7-13/h4-7,11,14,18H,3,9-10H2,1-2H3,(H,17,19). The number of hydrogen-bond donors (Lipinski definition) is 2. The fourth-order valence-corrected chi connectivity index (χ4v) is 2.25. The number of aliphatic hydroxyl groups is 1. The molecule has 0 aliphatic heterocycles. The molecule has 1 aromatic carbocycles. The third kappa shape index (κ3) is 5.64. The molecule has 2 unspecified atom stereocenters. The molecule has 0 aromatic heterocycles. The fraction of sp³-hybridized carbons (Fsp3) is 0.467. The van der Waals surface area contributed by atoms with Crippen molar-refractivity contribution >= 4 is 17.7 Å². The Hall–Kier alpha value is -1.51. The van der Waals surface area contributed by atoms with E-state index in [0.29, 0.717) is 17.9 Å². The number of nitriles is 1. The largest absolute Gasteiger partial charge is 0.391 e. The summed E-state index contributed by atoms with van der Waals surface area (Å²) in [4.78, 5) is 12.6. The van der Waals surface area contributed by atoms with E-state index in [1.165, 1.54) is 11.8 Å². The molecule has 0 aliphatic rings. The van der Waals surface area contributed by atoms with Gasteiger partial charge in [0.05, 0.1) is 23.5 Å². The van der Waals surface area contributed by atoms with Crippen LogP contribution < -0.4 is 5.32 Å². The lowest BCUT2D eigenvalue weighted by Gasteiger charge is -2.17. The van der Waals surface area contributed by atoms with Crippen molar-refractivity contribution in [1.82, 2.24) is 5.32 Å². The summed E-state index contributed by atoms with van der Waals surface area (Å²) >= 11 is 1.41. The summed E-state index contributed by atoms with van der Waals surface area (Å²) in [6.07, 6.45) is 0.390. The predicted molar refractivity (Wildman–Crippen MR) is 80.4 cm³/mol. The number of hydrogen-bond acceptors (Lipinski definition) is 4. The minimum absolute atomic E-state index is 0.0956. The van der Waals surface area contributed by atoms with Crippen molar-refractivity contribution in [3.63, 3.8) is 0 Å². The van der Waals surface area contributed by atoms with Crippen molar-refractivity contribution in [2.45, 2.75) is 31.3 Å². The van der Waals surface area contributed by atoms with Gasteiger partial charge in [-0.05, 0) is 30.2 Å². The summed E-state index contributed by atoms with van der Waals surface area (Å²) in [5.41, 5.74) is 0.607. The highest BCUT2D eigenvalue weighted by molar-refractivity contribution is 8.00. The zero-order valence-electron chi connectivity index (χ0n) is 11.8. The van der Waals surface area contributed by atoms with Crippen molar-refractivity contribution in [3.05, 3.63) is 29.8 Å². The van der Waals surface area contributed by atoms with Gasteiger partial charge in [0.2, 0.25) is 5.91 Å². The monoisotopic (exact) mass is 292 g/mol. The van der Waals surface area contributed by atoms with Crippen LogP contribution in [0.15, 0.2) is 29.2 Å². The van der Waals surface area contributed by atoms with Crippen molar-refractivity contribution in [2.75, 3.05) is 12.3 Å². The van der Waals surface area contributed by atoms with Crippen LogP contribution in [0, 0.1) is 17.2 Å². The van der Waals surface area contributed by atoms with Crippen LogP contribution in [0.1, 0.15) is 25.8 Å². The quantitative estimate of drug-likeness (QED) is 0.755. The van der Waals surface area contributed by atoms with Gasteiger partial charge in [-0.15, -0.1) is 11.8 Å². The molecule has 0 heterocycles. The molecule has 2 N–H and O–H groups in total. The zero-order chi connectivity index (χ0) is 15.0. The van der Waals surface area contributed by atoms with Gasteiger partial charge >= 0.3 is 0 Å². The molecule has 1 amide bonds. The SMILES string of the molecule is CCC(C)C(O)CNC(=O)CSc1ccc(C#N)cc1. The topological polar surface area (TPSA) is 73.1 Å². The average Bonchev–Trinajstić information content (AvgIpc) is 2.50. The molecule has 0 spiro atoms. The first-order chi connectivity index (χ1) is 9.56. The van der Waals surface area contributed by atoms with Crippen LogP contribution in [0.2, 0.25) is 0 Å². The molecule has 0 radical (unpaired) electrons. The van der Waals surface area contributed by atoms with Gasteiger partial charge in [-0.3, -0.25) is 4.79 Å². The second-order valence-corrected chi connectivity index (χ2v) is 5.73. The van der Waals surface area contributed by atoms with E-state index in [9.17, 15) is 9.90 Å². The van der Waals surface area contributed by atoms with Gasteiger partial charge < -0.3 is 10.4 Å². The van der Waals surface area contributed by atoms with Gasteiger partial charge in [-0.2, -0.15) is 5.26 Å². The van der Waals surface area contributed by atoms with E-state index in [1.807, 2.05) is 26.0 Å². The van der Waals surface area contributed by atoms with E-state index < -0.39 is 6.10 Å². The highest BCUT2D eigenvalue weighted by Crippen LogP contribution is 2.17. The molecule has 4 nitrogen and oxygen atoms in total. The van der Waals surface area contributed by atoms with Crippen molar-refractivity contribution in [1.29, 1.82) is 5.26 Å². The molecule has 0 aliphatic carbocycles. The van der Waals surface area contributed by atoms with Crippen LogP contribution in [0.4, 0.5) is 0 Å². The lowest BCUT2D eigenvalue weighted by atomic mass is 10.0. The van der Waals surface area contributed by atoms with Gasteiger partial charge in [0.1, 0.15) is 0 Å². The molecule has 20 heavy (non-hydrogen) atoms. The third-order valence-corrected chi connectivity index (χ3v) is 4.17. The van der Waals surface area contributed by atoms with Crippen LogP contribution in [0.5, 0.6) is 0 Å². The minimum atomic E-state index is -0.496. The number of nitrogens with one attached hydrogen (secondary N) is 1. The third-order valence-electron chi connectivity index (χ3n) is 3.16. The Kier molecular flexibility index (Phi) is 7.13. The molecule has 1 aromatic rings. The van der Waals surface area contributed by atoms with E-state index in [2.05, 4.69) is 11.4 Å². The lowest BCUT2D eigenvalue weighted by molar-refractivity contribution is -0.119. The van der Waals surface area contributed by atoms with Gasteiger partial charge in [-0.1, -0.05) is 20.3 Å². The molecule has 0 saturated heterocycles. The number of rotatable bonds is 7. The maximum absolute atomic E-state index is 11.7. The molecule has 1 rings (SSSR count). The van der Waals surface area contributed by atoms with E-state index in [0.717, 1.165) is 11.3 Å². The van der Waals surface area contributed by atoms with E-state index >= 15 is 0 Å². The van der Waals surface area contributed by atoms with Crippen LogP contribution >= 0.6 is 11.8 Å². The first-order valence-corrected chi connectivity index (χ1v) is 7.63. The van der Waals surface area contributed by atoms with Gasteiger partial charge in [0.15, 0.2) is 0 Å². The number of carbonyl (C=O) groups is 1. The van der Waals surface area contributed by atoms with E-state index in [1.54, 1.807) is 12.1 Å². The Bertz CT molecular complexity index is 468. The number of aliphatic hydroxyl groups excluding tert-OH is 1. The summed E-state index contributed by atoms with van der Waals surface area (Å²) in [6, 6.07) is 9.16. The highest BCUT2D eigenvalue weighted by atomic mass is 32.2. The summed E-state index contributed by atoms with van der Waals surface area (Å²) in [6.45, 7) is 4.26. The first-order valence-electron chi connectivity index (χ1n) is 6.64. The smallest absolute Gasteiger partial charge is 0.230 e. The Morgan fingerprint density at radius 2 is 2.10 bits per heavy atom. The predicted octanol–water partition coefficient (Wildman–Crippen LogP) is 2.17. The molecular weight excluding hydrogens is 272 g/mol. The summed E-state index contributed by atoms with van der Waals surface area (Å²) < 4.78 is 0. The molecular formula is C15H20N2O2S. The summed E-state index contributed by atoms with van der Waals surface area (Å²) in [5, 5.41) is 21.2. The second-order valence-electron chi connectivity index (χ2n) is 4.68. The molecule has 108 valence electrons. The van der Waals surface area contributed by atoms with Crippen molar-refractivity contribution in [3.8, 4) is 6.07 Å². The molecule has 0 fully saturated rings. The number of benzene rings is 1. The van der Waals surface area contributed by atoms with Crippen LogP contribution in [-0.4, -0.2) is 29.4 Å². The van der Waals surface area contributed by atoms with Crippen molar-refractivity contribution in [2.24, 2.45) is 5.92 Å². The summed E-state index contributed by atoms with van der Waals surface area (Å²) in [7, 11) is 0. The van der Waals surface area contributed by atoms with Crippen molar-refractivity contribution < 1.29 is 9.90 Å². The van der Waals surface area contributed by atoms with Crippen LogP contribution in [-0.2, 0) is 4.79 Å². The average molecular weight is 292 g/mol. The zero-order valence-corrected chi connectivity index (χ0v) is 12.6. The van der Waals surface area contributed by atoms with Crippen LogP contribution in [0.25, 0.3) is 0 Å². The summed E-state index contributed by atoms with van der Waals surface area (Å²) in [5.74, 6) is 0.391. The molecule has 2 atom stereocenters. The first kappa shape index (κ1) is 16.5. The Morgan fingerprint density at radius 1 is 1.45 bits per heavy atom. The molecule has 0 bridgehead atoms. The maximum atomic E-state index is 11.7. The second kappa shape index (κ2) is 8.62. The number of carbonyl (C=O) groups excluding carboxylic acids is 1. The Labute approximate surface area is 124 Å². The normalized spacial score (nSPS) is 13.3. The van der Waals surface area contributed by atoms with Gasteiger partial charge in [0, 0.05) is 11.4 Å². The number of thioether (sulfide) groups is 1. The lowest BCUT2D eigenvalue weighted by Crippen LogP contribution is -2.36. The maximum Gasteiger partial charge on any atom is 0.230 e. The van der Waals surface area contributed by atoms with Gasteiger partial charge in [0.25, 0.3) is 0 Å². The Morgan fingerprint density at radius 3 is 2.65 bits per heavy atom. The number of amides is 1. The highest BCUT2D eigenvalue weighted by Gasteiger charge is 2.13. The van der Waals surface area contributed by atoms with Crippen LogP contribution in [0.3, 0.4) is 0 Å². The van der Waals surface area contributed by atoms with E-state index in [-0.39, 0.29) is 11.8 Å². The van der Waals surface area contributed by atoms with E-state index in [4.69, 9.17) is 5.26 Å². The fourth-order valence-electron chi connectivity index (χ4n) is 1.52. The van der Waals surface area contributed by atoms with Gasteiger partial charge in [-0.25, -0.2) is 0 Å². The Balaban J connectivity index is 2.31.